The summed E-state index contributed by atoms with van der Waals surface area (Å²) >= 11 is 0. The van der Waals surface area contributed by atoms with Crippen molar-refractivity contribution in [2.45, 2.75) is 31.4 Å². The lowest BCUT2D eigenvalue weighted by atomic mass is 9.76. The predicted molar refractivity (Wildman–Crippen MR) is 38.9 cm³/mol. The molecule has 1 saturated carbocycles. The van der Waals surface area contributed by atoms with Crippen molar-refractivity contribution in [3.63, 3.8) is 0 Å². The number of rotatable bonds is 2. The number of aliphatic hydroxyl groups is 2. The van der Waals surface area contributed by atoms with E-state index in [-0.39, 0.29) is 18.6 Å². The second-order valence-electron chi connectivity index (χ2n) is 3.19. The summed E-state index contributed by atoms with van der Waals surface area (Å²) in [5, 5.41) is 20.6. The number of aliphatic hydroxyl groups excluding tert-OH is 1. The molecule has 64 valence electrons. The summed E-state index contributed by atoms with van der Waals surface area (Å²) in [6.45, 7) is 1.22. The number of nitrogens with one attached hydrogen (secondary N) is 1. The summed E-state index contributed by atoms with van der Waals surface area (Å²) in [6, 6.07) is 0.0460. The lowest BCUT2D eigenvalue weighted by molar-refractivity contribution is -0.126. The molecule has 0 aromatic carbocycles. The van der Waals surface area contributed by atoms with Gasteiger partial charge in [-0.25, -0.2) is 0 Å². The van der Waals surface area contributed by atoms with Crippen LogP contribution in [0, 0.1) is 0 Å². The molecule has 0 heterocycles. The molecular formula is C7H13NO3. The monoisotopic (exact) mass is 159 g/mol. The number of carbonyl (C=O) groups is 1. The summed E-state index contributed by atoms with van der Waals surface area (Å²) in [5.74, 6) is -0.0880. The zero-order valence-electron chi connectivity index (χ0n) is 6.50. The maximum absolute atomic E-state index is 10.5. The van der Waals surface area contributed by atoms with Crippen LogP contribution < -0.4 is 5.32 Å². The molecule has 0 aromatic heterocycles. The van der Waals surface area contributed by atoms with E-state index in [1.807, 2.05) is 0 Å². The van der Waals surface area contributed by atoms with E-state index >= 15 is 0 Å². The van der Waals surface area contributed by atoms with Gasteiger partial charge >= 0.3 is 0 Å². The predicted octanol–water partition coefficient (Wildman–Crippen LogP) is -0.992. The highest BCUT2D eigenvalue weighted by Crippen LogP contribution is 2.31. The third-order valence-electron chi connectivity index (χ3n) is 1.95. The molecule has 0 bridgehead atoms. The largest absolute Gasteiger partial charge is 0.393 e. The molecule has 1 rings (SSSR count). The smallest absolute Gasteiger partial charge is 0.217 e. The van der Waals surface area contributed by atoms with E-state index in [1.165, 1.54) is 6.92 Å². The molecule has 0 aromatic rings. The van der Waals surface area contributed by atoms with E-state index in [2.05, 4.69) is 5.32 Å². The topological polar surface area (TPSA) is 69.6 Å². The van der Waals surface area contributed by atoms with Gasteiger partial charge < -0.3 is 15.5 Å². The van der Waals surface area contributed by atoms with Crippen molar-refractivity contribution < 1.29 is 15.0 Å². The SMILES string of the molecule is CC(=O)NC1CC(O)(CO)C1. The van der Waals surface area contributed by atoms with Crippen molar-refractivity contribution in [3.8, 4) is 0 Å². The van der Waals surface area contributed by atoms with Crippen LogP contribution in [-0.2, 0) is 4.79 Å². The normalized spacial score (nSPS) is 36.1. The fraction of sp³-hybridized carbons (Fsp3) is 0.857. The number of amides is 1. The molecule has 11 heavy (non-hydrogen) atoms. The van der Waals surface area contributed by atoms with Crippen LogP contribution in [0.25, 0.3) is 0 Å². The number of hydrogen-bond acceptors (Lipinski definition) is 3. The Morgan fingerprint density at radius 3 is 2.64 bits per heavy atom. The average Bonchev–Trinajstić information content (AvgIpc) is 1.83. The van der Waals surface area contributed by atoms with Gasteiger partial charge in [-0.15, -0.1) is 0 Å². The fourth-order valence-corrected chi connectivity index (χ4v) is 1.38. The second-order valence-corrected chi connectivity index (χ2v) is 3.19. The Morgan fingerprint density at radius 2 is 2.27 bits per heavy atom. The molecule has 0 aliphatic heterocycles. The second kappa shape index (κ2) is 2.79. The molecule has 4 nitrogen and oxygen atoms in total. The van der Waals surface area contributed by atoms with Gasteiger partial charge in [0, 0.05) is 13.0 Å². The minimum atomic E-state index is -0.937. The van der Waals surface area contributed by atoms with Crippen molar-refractivity contribution >= 4 is 5.91 Å². The molecule has 1 aliphatic carbocycles. The van der Waals surface area contributed by atoms with E-state index in [4.69, 9.17) is 5.11 Å². The quantitative estimate of drug-likeness (QED) is 0.484. The summed E-state index contributed by atoms with van der Waals surface area (Å²) in [7, 11) is 0. The van der Waals surface area contributed by atoms with E-state index in [0.717, 1.165) is 0 Å². The molecule has 1 fully saturated rings. The van der Waals surface area contributed by atoms with Crippen molar-refractivity contribution in [2.24, 2.45) is 0 Å². The maximum Gasteiger partial charge on any atom is 0.217 e. The molecule has 4 heteroatoms. The Morgan fingerprint density at radius 1 is 1.73 bits per heavy atom. The third-order valence-corrected chi connectivity index (χ3v) is 1.95. The van der Waals surface area contributed by atoms with Crippen LogP contribution >= 0.6 is 0 Å². The van der Waals surface area contributed by atoms with Gasteiger partial charge in [-0.3, -0.25) is 4.79 Å². The lowest BCUT2D eigenvalue weighted by Gasteiger charge is -2.42. The lowest BCUT2D eigenvalue weighted by Crippen LogP contribution is -2.56. The van der Waals surface area contributed by atoms with Gasteiger partial charge in [0.25, 0.3) is 0 Å². The molecular weight excluding hydrogens is 146 g/mol. The Bertz CT molecular complexity index is 163. The first-order valence-corrected chi connectivity index (χ1v) is 3.66. The molecule has 0 spiro atoms. The fourth-order valence-electron chi connectivity index (χ4n) is 1.38. The minimum absolute atomic E-state index is 0.0460. The summed E-state index contributed by atoms with van der Waals surface area (Å²) in [4.78, 5) is 10.5. The molecule has 0 unspecified atom stereocenters. The van der Waals surface area contributed by atoms with E-state index in [1.54, 1.807) is 0 Å². The van der Waals surface area contributed by atoms with E-state index in [0.29, 0.717) is 12.8 Å². The first kappa shape index (κ1) is 8.49. The van der Waals surface area contributed by atoms with E-state index in [9.17, 15) is 9.90 Å². The van der Waals surface area contributed by atoms with Crippen molar-refractivity contribution in [2.75, 3.05) is 6.61 Å². The first-order valence-electron chi connectivity index (χ1n) is 3.66. The average molecular weight is 159 g/mol. The Balaban J connectivity index is 2.23. The van der Waals surface area contributed by atoms with Gasteiger partial charge in [0.05, 0.1) is 12.2 Å². The van der Waals surface area contributed by atoms with Crippen molar-refractivity contribution in [1.82, 2.24) is 5.32 Å². The minimum Gasteiger partial charge on any atom is -0.393 e. The summed E-state index contributed by atoms with van der Waals surface area (Å²) < 4.78 is 0. The highest BCUT2D eigenvalue weighted by Gasteiger charge is 2.42. The molecule has 1 aliphatic rings. The zero-order valence-corrected chi connectivity index (χ0v) is 6.50. The number of hydrogen-bond donors (Lipinski definition) is 3. The van der Waals surface area contributed by atoms with Gasteiger partial charge in [-0.1, -0.05) is 0 Å². The zero-order chi connectivity index (χ0) is 8.48. The first-order chi connectivity index (χ1) is 5.06. The molecule has 0 atom stereocenters. The van der Waals surface area contributed by atoms with Crippen LogP contribution in [-0.4, -0.2) is 34.4 Å². The van der Waals surface area contributed by atoms with E-state index < -0.39 is 5.60 Å². The number of carbonyl (C=O) groups excluding carboxylic acids is 1. The highest BCUT2D eigenvalue weighted by atomic mass is 16.3. The van der Waals surface area contributed by atoms with Crippen LogP contribution in [0.3, 0.4) is 0 Å². The third kappa shape index (κ3) is 1.91. The molecule has 3 N–H and O–H groups in total. The molecule has 0 saturated heterocycles. The van der Waals surface area contributed by atoms with Gasteiger partial charge in [0.2, 0.25) is 5.91 Å². The van der Waals surface area contributed by atoms with Crippen LogP contribution in [0.2, 0.25) is 0 Å². The van der Waals surface area contributed by atoms with Gasteiger partial charge in [0.1, 0.15) is 0 Å². The van der Waals surface area contributed by atoms with Crippen LogP contribution in [0.15, 0.2) is 0 Å². The highest BCUT2D eigenvalue weighted by molar-refractivity contribution is 5.73. The van der Waals surface area contributed by atoms with Gasteiger partial charge in [-0.2, -0.15) is 0 Å². The Kier molecular flexibility index (Phi) is 2.15. The standard InChI is InChI=1S/C7H13NO3/c1-5(10)8-6-2-7(11,3-6)4-9/h6,9,11H,2-4H2,1H3,(H,8,10). The Hall–Kier alpha value is -0.610. The van der Waals surface area contributed by atoms with Crippen molar-refractivity contribution in [3.05, 3.63) is 0 Å². The Labute approximate surface area is 65.2 Å². The molecule has 1 amide bonds. The molecule has 0 radical (unpaired) electrons. The van der Waals surface area contributed by atoms with Crippen LogP contribution in [0.5, 0.6) is 0 Å². The summed E-state index contributed by atoms with van der Waals surface area (Å²) in [5.41, 5.74) is -0.937. The van der Waals surface area contributed by atoms with Crippen molar-refractivity contribution in [1.29, 1.82) is 0 Å². The van der Waals surface area contributed by atoms with Crippen LogP contribution in [0.4, 0.5) is 0 Å². The maximum atomic E-state index is 10.5. The van der Waals surface area contributed by atoms with Gasteiger partial charge in [0.15, 0.2) is 0 Å². The summed E-state index contributed by atoms with van der Waals surface area (Å²) in [6.07, 6.45) is 0.923. The van der Waals surface area contributed by atoms with Crippen LogP contribution in [0.1, 0.15) is 19.8 Å². The van der Waals surface area contributed by atoms with Gasteiger partial charge in [-0.05, 0) is 12.8 Å².